The SMILES string of the molecule is CCc1ccccc1Nc1cc(C(=O)NC(C)CC)ncn1. The second-order valence-corrected chi connectivity index (χ2v) is 5.21. The Morgan fingerprint density at radius 3 is 2.73 bits per heavy atom. The maximum absolute atomic E-state index is 12.1. The first-order valence-electron chi connectivity index (χ1n) is 7.61. The highest BCUT2D eigenvalue weighted by Gasteiger charge is 2.11. The Balaban J connectivity index is 2.16. The first-order valence-corrected chi connectivity index (χ1v) is 7.61. The van der Waals surface area contributed by atoms with Crippen molar-refractivity contribution in [2.24, 2.45) is 0 Å². The molecule has 0 saturated carbocycles. The molecular formula is C17H22N4O. The molecule has 0 spiro atoms. The zero-order valence-electron chi connectivity index (χ0n) is 13.3. The molecule has 116 valence electrons. The maximum atomic E-state index is 12.1. The van der Waals surface area contributed by atoms with Gasteiger partial charge in [-0.05, 0) is 31.4 Å². The van der Waals surface area contributed by atoms with Crippen LogP contribution in [0.5, 0.6) is 0 Å². The molecule has 2 aromatic rings. The molecule has 1 aromatic heterocycles. The lowest BCUT2D eigenvalue weighted by molar-refractivity contribution is 0.0934. The Kier molecular flexibility index (Phi) is 5.47. The number of amides is 1. The lowest BCUT2D eigenvalue weighted by Crippen LogP contribution is -2.32. The highest BCUT2D eigenvalue weighted by Crippen LogP contribution is 2.20. The summed E-state index contributed by atoms with van der Waals surface area (Å²) in [6.45, 7) is 6.10. The van der Waals surface area contributed by atoms with Crippen molar-refractivity contribution in [3.63, 3.8) is 0 Å². The Morgan fingerprint density at radius 1 is 1.23 bits per heavy atom. The molecule has 2 rings (SSSR count). The molecule has 5 nitrogen and oxygen atoms in total. The lowest BCUT2D eigenvalue weighted by atomic mass is 10.1. The standard InChI is InChI=1S/C17H22N4O/c1-4-12(3)20-17(22)15-10-16(19-11-18-15)21-14-9-7-6-8-13(14)5-2/h6-12H,4-5H2,1-3H3,(H,20,22)(H,18,19,21). The highest BCUT2D eigenvalue weighted by atomic mass is 16.1. The minimum atomic E-state index is -0.177. The van der Waals surface area contributed by atoms with Crippen molar-refractivity contribution in [2.45, 2.75) is 39.7 Å². The van der Waals surface area contributed by atoms with E-state index in [4.69, 9.17) is 0 Å². The van der Waals surface area contributed by atoms with Crippen LogP contribution in [0.15, 0.2) is 36.7 Å². The first kappa shape index (κ1) is 15.9. The third kappa shape index (κ3) is 4.04. The van der Waals surface area contributed by atoms with Gasteiger partial charge in [0.25, 0.3) is 5.91 Å². The fourth-order valence-electron chi connectivity index (χ4n) is 2.04. The number of carbonyl (C=O) groups is 1. The summed E-state index contributed by atoms with van der Waals surface area (Å²) in [6.07, 6.45) is 3.21. The van der Waals surface area contributed by atoms with Crippen LogP contribution in [0.2, 0.25) is 0 Å². The van der Waals surface area contributed by atoms with E-state index in [-0.39, 0.29) is 11.9 Å². The van der Waals surface area contributed by atoms with Crippen LogP contribution in [0.1, 0.15) is 43.2 Å². The van der Waals surface area contributed by atoms with Crippen molar-refractivity contribution < 1.29 is 4.79 Å². The van der Waals surface area contributed by atoms with Crippen LogP contribution in [0.3, 0.4) is 0 Å². The Morgan fingerprint density at radius 2 is 2.00 bits per heavy atom. The van der Waals surface area contributed by atoms with Crippen molar-refractivity contribution in [1.82, 2.24) is 15.3 Å². The van der Waals surface area contributed by atoms with Gasteiger partial charge in [-0.15, -0.1) is 0 Å². The average molecular weight is 298 g/mol. The van der Waals surface area contributed by atoms with Gasteiger partial charge in [-0.2, -0.15) is 0 Å². The number of carbonyl (C=O) groups excluding carboxylic acids is 1. The molecule has 0 fully saturated rings. The van der Waals surface area contributed by atoms with Crippen LogP contribution in [0, 0.1) is 0 Å². The molecule has 1 heterocycles. The Labute approximate surface area is 131 Å². The molecule has 1 amide bonds. The van der Waals surface area contributed by atoms with Gasteiger partial charge in [0.1, 0.15) is 17.8 Å². The topological polar surface area (TPSA) is 66.9 Å². The summed E-state index contributed by atoms with van der Waals surface area (Å²) in [4.78, 5) is 20.3. The van der Waals surface area contributed by atoms with Crippen molar-refractivity contribution in [1.29, 1.82) is 0 Å². The van der Waals surface area contributed by atoms with Gasteiger partial charge in [0, 0.05) is 17.8 Å². The van der Waals surface area contributed by atoms with Gasteiger partial charge in [-0.3, -0.25) is 4.79 Å². The van der Waals surface area contributed by atoms with E-state index in [1.807, 2.05) is 32.0 Å². The smallest absolute Gasteiger partial charge is 0.270 e. The third-order valence-corrected chi connectivity index (χ3v) is 3.55. The molecule has 1 atom stereocenters. The Bertz CT molecular complexity index is 642. The minimum absolute atomic E-state index is 0.125. The number of para-hydroxylation sites is 1. The van der Waals surface area contributed by atoms with Gasteiger partial charge >= 0.3 is 0 Å². The number of aromatic nitrogens is 2. The number of aryl methyl sites for hydroxylation is 1. The molecule has 0 saturated heterocycles. The lowest BCUT2D eigenvalue weighted by Gasteiger charge is -2.12. The number of hydrogen-bond acceptors (Lipinski definition) is 4. The van der Waals surface area contributed by atoms with Crippen LogP contribution in [-0.2, 0) is 6.42 Å². The van der Waals surface area contributed by atoms with E-state index in [9.17, 15) is 4.79 Å². The molecule has 0 bridgehead atoms. The van der Waals surface area contributed by atoms with Gasteiger partial charge in [-0.25, -0.2) is 9.97 Å². The average Bonchev–Trinajstić information content (AvgIpc) is 2.55. The van der Waals surface area contributed by atoms with Crippen LogP contribution < -0.4 is 10.6 Å². The summed E-state index contributed by atoms with van der Waals surface area (Å²) in [5.41, 5.74) is 2.57. The van der Waals surface area contributed by atoms with Crippen LogP contribution in [-0.4, -0.2) is 21.9 Å². The number of benzene rings is 1. The predicted octanol–water partition coefficient (Wildman–Crippen LogP) is 3.31. The van der Waals surface area contributed by atoms with Gasteiger partial charge < -0.3 is 10.6 Å². The quantitative estimate of drug-likeness (QED) is 0.858. The van der Waals surface area contributed by atoms with Crippen LogP contribution in [0.25, 0.3) is 0 Å². The van der Waals surface area contributed by atoms with Gasteiger partial charge in [-0.1, -0.05) is 32.0 Å². The molecule has 1 unspecified atom stereocenters. The fourth-order valence-corrected chi connectivity index (χ4v) is 2.04. The number of nitrogens with one attached hydrogen (secondary N) is 2. The van der Waals surface area contributed by atoms with E-state index < -0.39 is 0 Å². The molecule has 0 aliphatic heterocycles. The van der Waals surface area contributed by atoms with E-state index in [0.29, 0.717) is 11.5 Å². The predicted molar refractivity (Wildman–Crippen MR) is 88.4 cm³/mol. The fraction of sp³-hybridized carbons (Fsp3) is 0.353. The summed E-state index contributed by atoms with van der Waals surface area (Å²) in [5, 5.41) is 6.16. The van der Waals surface area contributed by atoms with Crippen molar-refractivity contribution >= 4 is 17.4 Å². The molecule has 1 aromatic carbocycles. The monoisotopic (exact) mass is 298 g/mol. The van der Waals surface area contributed by atoms with E-state index in [1.54, 1.807) is 6.07 Å². The van der Waals surface area contributed by atoms with E-state index in [1.165, 1.54) is 11.9 Å². The third-order valence-electron chi connectivity index (χ3n) is 3.55. The molecular weight excluding hydrogens is 276 g/mol. The van der Waals surface area contributed by atoms with Crippen molar-refractivity contribution in [3.8, 4) is 0 Å². The van der Waals surface area contributed by atoms with Crippen LogP contribution >= 0.6 is 0 Å². The maximum Gasteiger partial charge on any atom is 0.270 e. The summed E-state index contributed by atoms with van der Waals surface area (Å²) in [6, 6.07) is 9.85. The zero-order chi connectivity index (χ0) is 15.9. The van der Waals surface area contributed by atoms with E-state index in [2.05, 4.69) is 33.6 Å². The second kappa shape index (κ2) is 7.54. The largest absolute Gasteiger partial charge is 0.348 e. The summed E-state index contributed by atoms with van der Waals surface area (Å²) >= 11 is 0. The number of anilines is 2. The van der Waals surface area contributed by atoms with Crippen LogP contribution in [0.4, 0.5) is 11.5 Å². The molecule has 2 N–H and O–H groups in total. The molecule has 5 heteroatoms. The normalized spacial score (nSPS) is 11.8. The molecule has 0 radical (unpaired) electrons. The van der Waals surface area contributed by atoms with E-state index >= 15 is 0 Å². The summed E-state index contributed by atoms with van der Waals surface area (Å²) in [5.74, 6) is 0.439. The summed E-state index contributed by atoms with van der Waals surface area (Å²) in [7, 11) is 0. The molecule has 0 aliphatic carbocycles. The molecule has 22 heavy (non-hydrogen) atoms. The second-order valence-electron chi connectivity index (χ2n) is 5.21. The van der Waals surface area contributed by atoms with Gasteiger partial charge in [0.15, 0.2) is 0 Å². The first-order chi connectivity index (χ1) is 10.6. The number of hydrogen-bond donors (Lipinski definition) is 2. The Hall–Kier alpha value is -2.43. The van der Waals surface area contributed by atoms with E-state index in [0.717, 1.165) is 18.5 Å². The highest BCUT2D eigenvalue weighted by molar-refractivity contribution is 5.93. The minimum Gasteiger partial charge on any atom is -0.348 e. The molecule has 0 aliphatic rings. The van der Waals surface area contributed by atoms with Crippen molar-refractivity contribution in [3.05, 3.63) is 47.9 Å². The van der Waals surface area contributed by atoms with Crippen molar-refractivity contribution in [2.75, 3.05) is 5.32 Å². The van der Waals surface area contributed by atoms with Gasteiger partial charge in [0.05, 0.1) is 0 Å². The summed E-state index contributed by atoms with van der Waals surface area (Å²) < 4.78 is 0. The van der Waals surface area contributed by atoms with Gasteiger partial charge in [0.2, 0.25) is 0 Å². The zero-order valence-corrected chi connectivity index (χ0v) is 13.3. The number of rotatable bonds is 6. The number of nitrogens with zero attached hydrogens (tertiary/aromatic N) is 2.